The Kier molecular flexibility index (Phi) is 4.61. The number of nitrogens with zero attached hydrogens (tertiary/aromatic N) is 3. The maximum absolute atomic E-state index is 11.5. The van der Waals surface area contributed by atoms with E-state index in [1.165, 1.54) is 12.2 Å². The number of rotatable bonds is 4. The van der Waals surface area contributed by atoms with E-state index in [0.29, 0.717) is 0 Å². The summed E-state index contributed by atoms with van der Waals surface area (Å²) in [6, 6.07) is 9.74. The van der Waals surface area contributed by atoms with Gasteiger partial charge in [0.05, 0.1) is 4.92 Å². The molecule has 2 atom stereocenters. The number of carbonyl (C=O) groups is 1. The van der Waals surface area contributed by atoms with Crippen LogP contribution in [0.1, 0.15) is 0 Å². The van der Waals surface area contributed by atoms with Gasteiger partial charge in [0.15, 0.2) is 0 Å². The quantitative estimate of drug-likeness (QED) is 0.667. The molecule has 1 aromatic rings. The topological polar surface area (TPSA) is 86.9 Å². The van der Waals surface area contributed by atoms with Crippen LogP contribution in [0, 0.1) is 16.0 Å². The number of para-hydroxylation sites is 1. The molecule has 3 rings (SSSR count). The third-order valence-electron chi connectivity index (χ3n) is 4.54. The van der Waals surface area contributed by atoms with Crippen LogP contribution in [-0.4, -0.2) is 53.1 Å². The van der Waals surface area contributed by atoms with Gasteiger partial charge < -0.3 is 10.0 Å². The number of anilines is 1. The fourth-order valence-electron chi connectivity index (χ4n) is 3.26. The van der Waals surface area contributed by atoms with Gasteiger partial charge in [-0.15, -0.1) is 0 Å². The standard InChI is InChI=1S/C17H19N3O4/c21-17(22)15-12-14(20(23)24)6-7-16(15)19-10-8-18(9-11-19)13-4-2-1-3-5-13/h1-7,12,15-16H,8-11H2,(H,21,22). The molecule has 1 heterocycles. The molecule has 1 saturated heterocycles. The van der Waals surface area contributed by atoms with E-state index in [1.54, 1.807) is 6.08 Å². The van der Waals surface area contributed by atoms with E-state index in [0.717, 1.165) is 31.9 Å². The van der Waals surface area contributed by atoms with Crippen molar-refractivity contribution in [1.29, 1.82) is 0 Å². The normalized spacial score (nSPS) is 24.5. The summed E-state index contributed by atoms with van der Waals surface area (Å²) in [5.41, 5.74) is 1.00. The number of nitro groups is 1. The Morgan fingerprint density at radius 1 is 1.17 bits per heavy atom. The van der Waals surface area contributed by atoms with Gasteiger partial charge in [0.25, 0.3) is 5.70 Å². The Morgan fingerprint density at radius 2 is 1.83 bits per heavy atom. The summed E-state index contributed by atoms with van der Waals surface area (Å²) in [5, 5.41) is 20.3. The van der Waals surface area contributed by atoms with E-state index in [9.17, 15) is 20.0 Å². The molecule has 1 N–H and O–H groups in total. The highest BCUT2D eigenvalue weighted by molar-refractivity contribution is 5.74. The van der Waals surface area contributed by atoms with Gasteiger partial charge in [0, 0.05) is 50.1 Å². The van der Waals surface area contributed by atoms with E-state index in [1.807, 2.05) is 18.2 Å². The largest absolute Gasteiger partial charge is 0.481 e. The van der Waals surface area contributed by atoms with Crippen molar-refractivity contribution < 1.29 is 14.8 Å². The first kappa shape index (κ1) is 16.2. The minimum absolute atomic E-state index is 0.151. The summed E-state index contributed by atoms with van der Waals surface area (Å²) < 4.78 is 0. The third kappa shape index (κ3) is 3.30. The molecule has 0 saturated carbocycles. The summed E-state index contributed by atoms with van der Waals surface area (Å²) in [6.45, 7) is 3.03. The predicted molar refractivity (Wildman–Crippen MR) is 89.4 cm³/mol. The van der Waals surface area contributed by atoms with E-state index >= 15 is 0 Å². The van der Waals surface area contributed by atoms with Crippen molar-refractivity contribution in [2.24, 2.45) is 5.92 Å². The summed E-state index contributed by atoms with van der Waals surface area (Å²) in [5.74, 6) is -1.92. The first-order valence-corrected chi connectivity index (χ1v) is 7.87. The lowest BCUT2D eigenvalue weighted by Gasteiger charge is -2.41. The predicted octanol–water partition coefficient (Wildman–Crippen LogP) is 1.61. The Hall–Kier alpha value is -2.67. The fraction of sp³-hybridized carbons (Fsp3) is 0.353. The van der Waals surface area contributed by atoms with E-state index in [2.05, 4.69) is 21.9 Å². The molecule has 7 nitrogen and oxygen atoms in total. The van der Waals surface area contributed by atoms with Crippen molar-refractivity contribution in [1.82, 2.24) is 4.90 Å². The average molecular weight is 329 g/mol. The van der Waals surface area contributed by atoms with Gasteiger partial charge in [-0.3, -0.25) is 19.8 Å². The molecule has 24 heavy (non-hydrogen) atoms. The van der Waals surface area contributed by atoms with Crippen LogP contribution < -0.4 is 4.90 Å². The molecule has 0 amide bonds. The van der Waals surface area contributed by atoms with Crippen LogP contribution in [0.3, 0.4) is 0 Å². The van der Waals surface area contributed by atoms with Crippen LogP contribution in [-0.2, 0) is 4.79 Å². The third-order valence-corrected chi connectivity index (χ3v) is 4.54. The highest BCUT2D eigenvalue weighted by Crippen LogP contribution is 2.25. The zero-order valence-electron chi connectivity index (χ0n) is 13.1. The summed E-state index contributed by atoms with van der Waals surface area (Å²) in [7, 11) is 0. The molecule has 1 aromatic carbocycles. The van der Waals surface area contributed by atoms with Gasteiger partial charge in [-0.25, -0.2) is 0 Å². The molecule has 0 spiro atoms. The number of hydrogen-bond acceptors (Lipinski definition) is 5. The molecule has 1 aliphatic heterocycles. The van der Waals surface area contributed by atoms with Crippen molar-refractivity contribution >= 4 is 11.7 Å². The van der Waals surface area contributed by atoms with Gasteiger partial charge >= 0.3 is 5.97 Å². The highest BCUT2D eigenvalue weighted by atomic mass is 16.6. The van der Waals surface area contributed by atoms with Crippen LogP contribution in [0.5, 0.6) is 0 Å². The molecule has 2 unspecified atom stereocenters. The summed E-state index contributed by atoms with van der Waals surface area (Å²) >= 11 is 0. The van der Waals surface area contributed by atoms with Crippen molar-refractivity contribution in [2.45, 2.75) is 6.04 Å². The lowest BCUT2D eigenvalue weighted by molar-refractivity contribution is -0.419. The first-order chi connectivity index (χ1) is 11.6. The number of allylic oxidation sites excluding steroid dienone is 1. The molecule has 0 radical (unpaired) electrons. The molecule has 1 aliphatic carbocycles. The maximum Gasteiger partial charge on any atom is 0.312 e. The van der Waals surface area contributed by atoms with Crippen molar-refractivity contribution in [3.05, 3.63) is 64.4 Å². The maximum atomic E-state index is 11.5. The second kappa shape index (κ2) is 6.84. The van der Waals surface area contributed by atoms with Crippen LogP contribution in [0.2, 0.25) is 0 Å². The molecular weight excluding hydrogens is 310 g/mol. The zero-order valence-corrected chi connectivity index (χ0v) is 13.1. The Morgan fingerprint density at radius 3 is 2.42 bits per heavy atom. The first-order valence-electron chi connectivity index (χ1n) is 7.87. The van der Waals surface area contributed by atoms with E-state index in [4.69, 9.17) is 0 Å². The molecule has 126 valence electrons. The Labute approximate surface area is 139 Å². The van der Waals surface area contributed by atoms with Crippen LogP contribution in [0.25, 0.3) is 0 Å². The minimum Gasteiger partial charge on any atom is -0.481 e. The summed E-state index contributed by atoms with van der Waals surface area (Å²) in [4.78, 5) is 26.2. The van der Waals surface area contributed by atoms with E-state index in [-0.39, 0.29) is 11.7 Å². The van der Waals surface area contributed by atoms with Gasteiger partial charge in [0.2, 0.25) is 0 Å². The lowest BCUT2D eigenvalue weighted by atomic mass is 9.92. The fourth-order valence-corrected chi connectivity index (χ4v) is 3.26. The average Bonchev–Trinajstić information content (AvgIpc) is 2.62. The lowest BCUT2D eigenvalue weighted by Crippen LogP contribution is -2.53. The number of aliphatic carboxylic acids is 1. The number of benzene rings is 1. The van der Waals surface area contributed by atoms with Gasteiger partial charge in [-0.1, -0.05) is 24.3 Å². The van der Waals surface area contributed by atoms with Crippen molar-refractivity contribution in [2.75, 3.05) is 31.1 Å². The highest BCUT2D eigenvalue weighted by Gasteiger charge is 2.35. The molecular formula is C17H19N3O4. The van der Waals surface area contributed by atoms with Crippen molar-refractivity contribution in [3.8, 4) is 0 Å². The number of piperazine rings is 1. The Bertz CT molecular complexity index is 678. The zero-order chi connectivity index (χ0) is 17.1. The summed E-state index contributed by atoms with van der Waals surface area (Å²) in [6.07, 6.45) is 4.30. The van der Waals surface area contributed by atoms with Gasteiger partial charge in [-0.05, 0) is 12.1 Å². The number of hydrogen-bond donors (Lipinski definition) is 1. The number of carboxylic acid groups (broad SMARTS) is 1. The molecule has 0 aromatic heterocycles. The van der Waals surface area contributed by atoms with Gasteiger partial charge in [-0.2, -0.15) is 0 Å². The second-order valence-corrected chi connectivity index (χ2v) is 5.92. The smallest absolute Gasteiger partial charge is 0.312 e. The second-order valence-electron chi connectivity index (χ2n) is 5.92. The van der Waals surface area contributed by atoms with Crippen LogP contribution in [0.15, 0.2) is 54.3 Å². The van der Waals surface area contributed by atoms with Crippen LogP contribution in [0.4, 0.5) is 5.69 Å². The van der Waals surface area contributed by atoms with E-state index < -0.39 is 16.8 Å². The molecule has 2 aliphatic rings. The molecule has 7 heteroatoms. The monoisotopic (exact) mass is 329 g/mol. The van der Waals surface area contributed by atoms with Crippen LogP contribution >= 0.6 is 0 Å². The Balaban J connectivity index is 1.69. The number of carboxylic acids is 1. The minimum atomic E-state index is -1.03. The molecule has 1 fully saturated rings. The SMILES string of the molecule is O=C(O)C1C=C([N+](=O)[O-])C=CC1N1CCN(c2ccccc2)CC1. The van der Waals surface area contributed by atoms with Gasteiger partial charge in [0.1, 0.15) is 5.92 Å². The van der Waals surface area contributed by atoms with Crippen molar-refractivity contribution in [3.63, 3.8) is 0 Å². The molecule has 0 bridgehead atoms.